The molecule has 0 nitrogen and oxygen atoms in total. The van der Waals surface area contributed by atoms with Gasteiger partial charge in [0.15, 0.2) is 0 Å². The van der Waals surface area contributed by atoms with Gasteiger partial charge in [0.25, 0.3) is 0 Å². The largest absolute Gasteiger partial charge is 0.135 e. The van der Waals surface area contributed by atoms with Gasteiger partial charge in [-0.3, -0.25) is 0 Å². The first-order valence-electron chi connectivity index (χ1n) is 15.6. The second-order valence-electron chi connectivity index (χ2n) is 12.4. The summed E-state index contributed by atoms with van der Waals surface area (Å²) in [7, 11) is 0. The first-order valence-corrected chi connectivity index (χ1v) is 16.4. The van der Waals surface area contributed by atoms with Crippen molar-refractivity contribution >= 4 is 74.6 Å². The van der Waals surface area contributed by atoms with Gasteiger partial charge in [0.2, 0.25) is 0 Å². The average Bonchev–Trinajstić information content (AvgIpc) is 3.63. The van der Waals surface area contributed by atoms with Gasteiger partial charge in [0.05, 0.1) is 0 Å². The monoisotopic (exact) mass is 584 g/mol. The first-order chi connectivity index (χ1) is 22.3. The summed E-state index contributed by atoms with van der Waals surface area (Å²) in [6.07, 6.45) is 0. The quantitative estimate of drug-likeness (QED) is 0.177. The molecule has 0 atom stereocenters. The number of rotatable bonds is 2. The van der Waals surface area contributed by atoms with E-state index in [-0.39, 0.29) is 0 Å². The normalized spacial score (nSPS) is 12.4. The van der Waals surface area contributed by atoms with E-state index in [1.807, 2.05) is 11.3 Å². The zero-order chi connectivity index (χ0) is 29.2. The van der Waals surface area contributed by atoms with E-state index < -0.39 is 0 Å². The van der Waals surface area contributed by atoms with E-state index in [2.05, 4.69) is 146 Å². The lowest BCUT2D eigenvalue weighted by Crippen LogP contribution is -1.87. The van der Waals surface area contributed by atoms with Crippen molar-refractivity contribution in [2.45, 2.75) is 0 Å². The second kappa shape index (κ2) is 8.57. The van der Waals surface area contributed by atoms with E-state index in [0.717, 1.165) is 0 Å². The zero-order valence-electron chi connectivity index (χ0n) is 24.3. The molecule has 1 heteroatoms. The van der Waals surface area contributed by atoms with Crippen LogP contribution in [-0.4, -0.2) is 0 Å². The standard InChI is InChI=1S/C44H24S/c1-2-8-33-32(7-1)35-10-4-9-34-31(19-20-37(33)44(34)35)29-16-22-41-39(24-29)38-23-28(15-21-40(38)45-41)30-17-13-27-12-11-25-5-3-6-26-14-18-36(30)43(27)42(25)26/h1-24H. The van der Waals surface area contributed by atoms with E-state index >= 15 is 0 Å². The van der Waals surface area contributed by atoms with Crippen molar-refractivity contribution in [1.82, 2.24) is 0 Å². The molecule has 0 saturated carbocycles. The Bertz CT molecular complexity index is 2820. The highest BCUT2D eigenvalue weighted by atomic mass is 32.1. The van der Waals surface area contributed by atoms with Crippen LogP contribution in [0.1, 0.15) is 0 Å². The third-order valence-electron chi connectivity index (χ3n) is 10.2. The van der Waals surface area contributed by atoms with Crippen LogP contribution in [0.4, 0.5) is 0 Å². The molecule has 0 unspecified atom stereocenters. The average molecular weight is 585 g/mol. The molecule has 11 rings (SSSR count). The maximum atomic E-state index is 2.42. The van der Waals surface area contributed by atoms with Crippen LogP contribution in [0.3, 0.4) is 0 Å². The van der Waals surface area contributed by atoms with Crippen LogP contribution in [0.15, 0.2) is 146 Å². The van der Waals surface area contributed by atoms with Gasteiger partial charge in [-0.15, -0.1) is 11.3 Å². The highest BCUT2D eigenvalue weighted by molar-refractivity contribution is 7.25. The molecule has 1 aliphatic rings. The van der Waals surface area contributed by atoms with E-state index in [4.69, 9.17) is 0 Å². The summed E-state index contributed by atoms with van der Waals surface area (Å²) in [4.78, 5) is 0. The highest BCUT2D eigenvalue weighted by Crippen LogP contribution is 2.50. The van der Waals surface area contributed by atoms with Crippen LogP contribution in [0.5, 0.6) is 0 Å². The molecule has 0 amide bonds. The third kappa shape index (κ3) is 3.16. The zero-order valence-corrected chi connectivity index (χ0v) is 25.1. The van der Waals surface area contributed by atoms with Crippen LogP contribution < -0.4 is 0 Å². The molecule has 1 aliphatic carbocycles. The molecule has 0 fully saturated rings. The topological polar surface area (TPSA) is 0 Å². The Morgan fingerprint density at radius 3 is 1.51 bits per heavy atom. The van der Waals surface area contributed by atoms with Crippen LogP contribution in [0.2, 0.25) is 0 Å². The SMILES string of the molecule is c1ccc2c(c1)-c1cccc3c(-c4ccc5sc6ccc(-c7ccc8ccc9cccc%10ccc7c8c9%10)cc6c5c4)ccc-2c13. The highest BCUT2D eigenvalue weighted by Gasteiger charge is 2.22. The number of hydrogen-bond acceptors (Lipinski definition) is 1. The van der Waals surface area contributed by atoms with E-state index in [9.17, 15) is 0 Å². The van der Waals surface area contributed by atoms with Crippen LogP contribution in [-0.2, 0) is 0 Å². The molecule has 0 spiro atoms. The molecule has 0 N–H and O–H groups in total. The fourth-order valence-corrected chi connectivity index (χ4v) is 9.23. The van der Waals surface area contributed by atoms with Gasteiger partial charge in [-0.2, -0.15) is 0 Å². The van der Waals surface area contributed by atoms with Crippen molar-refractivity contribution in [2.75, 3.05) is 0 Å². The van der Waals surface area contributed by atoms with Gasteiger partial charge in [0, 0.05) is 20.2 Å². The van der Waals surface area contributed by atoms with Gasteiger partial charge in [-0.05, 0) is 112 Å². The fourth-order valence-electron chi connectivity index (χ4n) is 8.16. The first kappa shape index (κ1) is 23.9. The lowest BCUT2D eigenvalue weighted by atomic mass is 9.89. The van der Waals surface area contributed by atoms with Crippen molar-refractivity contribution in [1.29, 1.82) is 0 Å². The molecular formula is C44H24S. The summed E-state index contributed by atoms with van der Waals surface area (Å²) in [5.74, 6) is 0. The predicted octanol–water partition coefficient (Wildman–Crippen LogP) is 13.1. The molecule has 0 aliphatic heterocycles. The van der Waals surface area contributed by atoms with Gasteiger partial charge in [-0.1, -0.05) is 121 Å². The molecule has 45 heavy (non-hydrogen) atoms. The van der Waals surface area contributed by atoms with Crippen LogP contribution >= 0.6 is 11.3 Å². The van der Waals surface area contributed by atoms with Gasteiger partial charge < -0.3 is 0 Å². The molecule has 10 aromatic rings. The number of hydrogen-bond donors (Lipinski definition) is 0. The Kier molecular flexibility index (Phi) is 4.55. The van der Waals surface area contributed by atoms with E-state index in [1.54, 1.807) is 0 Å². The molecule has 0 bridgehead atoms. The van der Waals surface area contributed by atoms with Crippen molar-refractivity contribution in [2.24, 2.45) is 0 Å². The predicted molar refractivity (Wildman–Crippen MR) is 196 cm³/mol. The van der Waals surface area contributed by atoms with Crippen LogP contribution in [0.25, 0.3) is 108 Å². The summed E-state index contributed by atoms with van der Waals surface area (Å²) in [6, 6.07) is 54.7. The minimum absolute atomic E-state index is 1.27. The Labute approximate surface area is 263 Å². The summed E-state index contributed by atoms with van der Waals surface area (Å²) in [5, 5.41) is 13.4. The lowest BCUT2D eigenvalue weighted by molar-refractivity contribution is 1.69. The summed E-state index contributed by atoms with van der Waals surface area (Å²) < 4.78 is 2.67. The molecule has 1 aromatic heterocycles. The molecule has 206 valence electrons. The summed E-state index contributed by atoms with van der Waals surface area (Å²) in [5.41, 5.74) is 10.5. The Hall–Kier alpha value is -5.50. The van der Waals surface area contributed by atoms with Gasteiger partial charge >= 0.3 is 0 Å². The minimum Gasteiger partial charge on any atom is -0.135 e. The van der Waals surface area contributed by atoms with Crippen molar-refractivity contribution < 1.29 is 0 Å². The van der Waals surface area contributed by atoms with Crippen molar-refractivity contribution in [3.8, 4) is 44.5 Å². The molecular weight excluding hydrogens is 561 g/mol. The Morgan fingerprint density at radius 1 is 0.289 bits per heavy atom. The third-order valence-corrected chi connectivity index (χ3v) is 11.3. The van der Waals surface area contributed by atoms with E-state index in [0.29, 0.717) is 0 Å². The Balaban J connectivity index is 1.12. The van der Waals surface area contributed by atoms with Gasteiger partial charge in [-0.25, -0.2) is 0 Å². The summed E-state index contributed by atoms with van der Waals surface area (Å²) in [6.45, 7) is 0. The Morgan fingerprint density at radius 2 is 0.800 bits per heavy atom. The second-order valence-corrected chi connectivity index (χ2v) is 13.5. The fraction of sp³-hybridized carbons (Fsp3) is 0. The molecule has 0 saturated heterocycles. The van der Waals surface area contributed by atoms with Crippen LogP contribution in [0, 0.1) is 0 Å². The molecule has 1 heterocycles. The van der Waals surface area contributed by atoms with E-state index in [1.165, 1.54) is 108 Å². The number of thiophene rings is 1. The molecule has 0 radical (unpaired) electrons. The number of fused-ring (bicyclic) bond motifs is 6. The minimum atomic E-state index is 1.27. The summed E-state index contributed by atoms with van der Waals surface area (Å²) >= 11 is 1.89. The van der Waals surface area contributed by atoms with Crippen molar-refractivity contribution in [3.05, 3.63) is 146 Å². The van der Waals surface area contributed by atoms with Gasteiger partial charge in [0.1, 0.15) is 0 Å². The smallest absolute Gasteiger partial charge is 0.0355 e. The maximum absolute atomic E-state index is 2.42. The van der Waals surface area contributed by atoms with Crippen molar-refractivity contribution in [3.63, 3.8) is 0 Å². The number of benzene rings is 9. The maximum Gasteiger partial charge on any atom is 0.0355 e. The lowest BCUT2D eigenvalue weighted by Gasteiger charge is -2.14. The molecule has 9 aromatic carbocycles.